The molecular weight excluding hydrogens is 336 g/mol. The topological polar surface area (TPSA) is 51.5 Å². The first-order chi connectivity index (χ1) is 12.1. The molecule has 0 N–H and O–H groups in total. The molecule has 122 valence electrons. The van der Waals surface area contributed by atoms with Gasteiger partial charge in [0, 0.05) is 16.5 Å². The van der Waals surface area contributed by atoms with Crippen molar-refractivity contribution in [3.63, 3.8) is 0 Å². The van der Waals surface area contributed by atoms with E-state index in [1.54, 1.807) is 6.08 Å². The smallest absolute Gasteiger partial charge is 0.363 e. The third kappa shape index (κ3) is 3.04. The standard InChI is InChI=1S/C20H13ClN2O2/c1-12-7-8-14-10-15(18(21)22-16(14)9-12)11-17-20(24)25-19(23-17)13-5-3-2-4-6-13/h2-11H,1H3/b17-11+. The van der Waals surface area contributed by atoms with Gasteiger partial charge in [0.25, 0.3) is 0 Å². The Balaban J connectivity index is 1.76. The maximum Gasteiger partial charge on any atom is 0.363 e. The number of ether oxygens (including phenoxy) is 1. The van der Waals surface area contributed by atoms with Crippen LogP contribution >= 0.6 is 11.6 Å². The molecule has 0 bridgehead atoms. The number of aromatic nitrogens is 1. The van der Waals surface area contributed by atoms with Crippen LogP contribution in [0.3, 0.4) is 0 Å². The average Bonchev–Trinajstić information content (AvgIpc) is 2.97. The number of carbonyl (C=O) groups excluding carboxylic acids is 1. The Hall–Kier alpha value is -2.98. The number of rotatable bonds is 2. The molecule has 0 saturated heterocycles. The summed E-state index contributed by atoms with van der Waals surface area (Å²) in [5, 5.41) is 1.27. The Morgan fingerprint density at radius 2 is 1.88 bits per heavy atom. The summed E-state index contributed by atoms with van der Waals surface area (Å²) < 4.78 is 5.25. The summed E-state index contributed by atoms with van der Waals surface area (Å²) in [6, 6.07) is 17.1. The second kappa shape index (κ2) is 6.15. The van der Waals surface area contributed by atoms with Gasteiger partial charge < -0.3 is 4.74 Å². The largest absolute Gasteiger partial charge is 0.402 e. The number of hydrogen-bond acceptors (Lipinski definition) is 4. The summed E-state index contributed by atoms with van der Waals surface area (Å²) in [6.45, 7) is 2.00. The number of aryl methyl sites for hydroxylation is 1. The number of pyridine rings is 1. The Kier molecular flexibility index (Phi) is 3.82. The molecule has 0 unspecified atom stereocenters. The maximum atomic E-state index is 12.1. The van der Waals surface area contributed by atoms with Gasteiger partial charge >= 0.3 is 5.97 Å². The number of fused-ring (bicyclic) bond motifs is 1. The summed E-state index contributed by atoms with van der Waals surface area (Å²) in [5.41, 5.74) is 3.50. The molecule has 2 aromatic carbocycles. The highest BCUT2D eigenvalue weighted by Gasteiger charge is 2.24. The number of aliphatic imine (C=N–C) groups is 1. The zero-order valence-electron chi connectivity index (χ0n) is 13.4. The van der Waals surface area contributed by atoms with Crippen LogP contribution in [0.25, 0.3) is 17.0 Å². The molecule has 25 heavy (non-hydrogen) atoms. The number of nitrogens with zero attached hydrogens (tertiary/aromatic N) is 2. The van der Waals surface area contributed by atoms with E-state index in [0.29, 0.717) is 10.7 Å². The number of esters is 1. The molecule has 1 aliphatic rings. The van der Waals surface area contributed by atoms with Gasteiger partial charge in [0.1, 0.15) is 5.15 Å². The number of benzene rings is 2. The van der Waals surface area contributed by atoms with Gasteiger partial charge in [-0.3, -0.25) is 0 Å². The molecule has 0 spiro atoms. The highest BCUT2D eigenvalue weighted by Crippen LogP contribution is 2.26. The molecule has 1 aliphatic heterocycles. The van der Waals surface area contributed by atoms with E-state index in [1.807, 2.05) is 61.5 Å². The van der Waals surface area contributed by atoms with E-state index in [9.17, 15) is 4.79 Å². The fraction of sp³-hybridized carbons (Fsp3) is 0.0500. The van der Waals surface area contributed by atoms with Crippen molar-refractivity contribution in [2.75, 3.05) is 0 Å². The summed E-state index contributed by atoms with van der Waals surface area (Å²) in [6.07, 6.45) is 1.60. The Labute approximate surface area is 149 Å². The van der Waals surface area contributed by atoms with Crippen molar-refractivity contribution in [2.45, 2.75) is 6.92 Å². The monoisotopic (exact) mass is 348 g/mol. The van der Waals surface area contributed by atoms with Gasteiger partial charge in [-0.2, -0.15) is 0 Å². The minimum atomic E-state index is -0.501. The number of halogens is 1. The molecule has 4 rings (SSSR count). The minimum Gasteiger partial charge on any atom is -0.402 e. The van der Waals surface area contributed by atoms with Crippen LogP contribution < -0.4 is 0 Å². The first-order valence-electron chi connectivity index (χ1n) is 7.75. The molecule has 2 heterocycles. The zero-order chi connectivity index (χ0) is 17.4. The Bertz CT molecular complexity index is 1060. The molecule has 1 aromatic heterocycles. The number of hydrogen-bond donors (Lipinski definition) is 0. The number of carbonyl (C=O) groups is 1. The summed E-state index contributed by atoms with van der Waals surface area (Å²) in [5.74, 6) is -0.212. The van der Waals surface area contributed by atoms with Crippen molar-refractivity contribution >= 4 is 40.4 Å². The van der Waals surface area contributed by atoms with Gasteiger partial charge in [0.05, 0.1) is 5.52 Å². The highest BCUT2D eigenvalue weighted by molar-refractivity contribution is 6.31. The molecular formula is C20H13ClN2O2. The van der Waals surface area contributed by atoms with E-state index in [0.717, 1.165) is 22.0 Å². The van der Waals surface area contributed by atoms with Gasteiger partial charge in [-0.1, -0.05) is 41.9 Å². The first-order valence-corrected chi connectivity index (χ1v) is 8.13. The Morgan fingerprint density at radius 3 is 2.68 bits per heavy atom. The van der Waals surface area contributed by atoms with Crippen LogP contribution in [0, 0.1) is 6.92 Å². The van der Waals surface area contributed by atoms with Crippen LogP contribution in [0.1, 0.15) is 16.7 Å². The van der Waals surface area contributed by atoms with Crippen molar-refractivity contribution in [1.82, 2.24) is 4.98 Å². The quantitative estimate of drug-likeness (QED) is 0.388. The lowest BCUT2D eigenvalue weighted by molar-refractivity contribution is -0.129. The van der Waals surface area contributed by atoms with Gasteiger partial charge in [0.15, 0.2) is 5.70 Å². The molecule has 0 fully saturated rings. The van der Waals surface area contributed by atoms with Crippen molar-refractivity contribution in [3.05, 3.63) is 82.1 Å². The normalized spacial score (nSPS) is 15.5. The SMILES string of the molecule is Cc1ccc2cc(/C=C3/N=C(c4ccccc4)OC3=O)c(Cl)nc2c1. The highest BCUT2D eigenvalue weighted by atomic mass is 35.5. The maximum absolute atomic E-state index is 12.1. The van der Waals surface area contributed by atoms with E-state index in [4.69, 9.17) is 16.3 Å². The second-order valence-electron chi connectivity index (χ2n) is 5.77. The van der Waals surface area contributed by atoms with Crippen molar-refractivity contribution in [2.24, 2.45) is 4.99 Å². The molecule has 4 nitrogen and oxygen atoms in total. The molecule has 0 aliphatic carbocycles. The summed E-state index contributed by atoms with van der Waals surface area (Å²) in [4.78, 5) is 20.8. The fourth-order valence-corrected chi connectivity index (χ4v) is 2.83. The number of cyclic esters (lactones) is 1. The van der Waals surface area contributed by atoms with E-state index in [1.165, 1.54) is 0 Å². The van der Waals surface area contributed by atoms with Gasteiger partial charge in [-0.15, -0.1) is 0 Å². The third-order valence-corrected chi connectivity index (χ3v) is 4.19. The lowest BCUT2D eigenvalue weighted by Crippen LogP contribution is -2.04. The van der Waals surface area contributed by atoms with E-state index in [2.05, 4.69) is 9.98 Å². The predicted molar refractivity (Wildman–Crippen MR) is 98.5 cm³/mol. The van der Waals surface area contributed by atoms with Gasteiger partial charge in [0.2, 0.25) is 5.90 Å². The lowest BCUT2D eigenvalue weighted by atomic mass is 10.1. The molecule has 0 saturated carbocycles. The lowest BCUT2D eigenvalue weighted by Gasteiger charge is -2.03. The van der Waals surface area contributed by atoms with Crippen LogP contribution in [0.2, 0.25) is 5.15 Å². The van der Waals surface area contributed by atoms with Gasteiger partial charge in [-0.05, 0) is 42.8 Å². The first kappa shape index (κ1) is 15.5. The van der Waals surface area contributed by atoms with Crippen molar-refractivity contribution < 1.29 is 9.53 Å². The Morgan fingerprint density at radius 1 is 1.08 bits per heavy atom. The van der Waals surface area contributed by atoms with Crippen LogP contribution in [-0.4, -0.2) is 16.9 Å². The molecule has 0 radical (unpaired) electrons. The minimum absolute atomic E-state index is 0.203. The summed E-state index contributed by atoms with van der Waals surface area (Å²) in [7, 11) is 0. The van der Waals surface area contributed by atoms with Crippen LogP contribution in [-0.2, 0) is 9.53 Å². The van der Waals surface area contributed by atoms with Crippen LogP contribution in [0.4, 0.5) is 0 Å². The molecule has 5 heteroatoms. The average molecular weight is 349 g/mol. The fourth-order valence-electron chi connectivity index (χ4n) is 2.63. The van der Waals surface area contributed by atoms with Crippen LogP contribution in [0.5, 0.6) is 0 Å². The predicted octanol–water partition coefficient (Wildman–Crippen LogP) is 4.54. The van der Waals surface area contributed by atoms with E-state index < -0.39 is 5.97 Å². The zero-order valence-corrected chi connectivity index (χ0v) is 14.1. The molecule has 0 atom stereocenters. The van der Waals surface area contributed by atoms with E-state index >= 15 is 0 Å². The second-order valence-corrected chi connectivity index (χ2v) is 6.12. The van der Waals surface area contributed by atoms with Crippen molar-refractivity contribution in [1.29, 1.82) is 0 Å². The van der Waals surface area contributed by atoms with Crippen molar-refractivity contribution in [3.8, 4) is 0 Å². The van der Waals surface area contributed by atoms with Gasteiger partial charge in [-0.25, -0.2) is 14.8 Å². The van der Waals surface area contributed by atoms with Crippen LogP contribution in [0.15, 0.2) is 65.3 Å². The van der Waals surface area contributed by atoms with E-state index in [-0.39, 0.29) is 11.6 Å². The molecule has 3 aromatic rings. The summed E-state index contributed by atoms with van der Waals surface area (Å²) >= 11 is 6.28. The third-order valence-electron chi connectivity index (χ3n) is 3.89. The molecule has 0 amide bonds.